The maximum atomic E-state index is 10.00. The normalized spacial score (nSPS) is 31.0. The molecule has 1 rings (SSSR count). The quantitative estimate of drug-likeness (QED) is 0.327. The van der Waals surface area contributed by atoms with E-state index >= 15 is 0 Å². The van der Waals surface area contributed by atoms with Crippen molar-refractivity contribution in [1.29, 1.82) is 0 Å². The Labute approximate surface area is 159 Å². The number of aliphatic hydroxyl groups excluding tert-OH is 4. The fourth-order valence-electron chi connectivity index (χ4n) is 3.29. The summed E-state index contributed by atoms with van der Waals surface area (Å²) in [6, 6.07) is 0. The van der Waals surface area contributed by atoms with Crippen molar-refractivity contribution in [3.8, 4) is 0 Å². The maximum Gasteiger partial charge on any atom is 0.184 e. The lowest BCUT2D eigenvalue weighted by molar-refractivity contribution is -0.296. The van der Waals surface area contributed by atoms with Crippen LogP contribution in [0.15, 0.2) is 0 Å². The lowest BCUT2D eigenvalue weighted by Gasteiger charge is -2.39. The SMILES string of the molecule is [2H]C(CCCCCCCCCCCC)CO[C@H]1C(O)O[C@H](CO)[C@@H](O)[C@@H]1O. The summed E-state index contributed by atoms with van der Waals surface area (Å²) in [4.78, 5) is 0. The van der Waals surface area contributed by atoms with E-state index < -0.39 is 43.7 Å². The molecule has 2 unspecified atom stereocenters. The summed E-state index contributed by atoms with van der Waals surface area (Å²) in [5.41, 5.74) is 0. The first kappa shape index (κ1) is 22.1. The van der Waals surface area contributed by atoms with Gasteiger partial charge in [-0.15, -0.1) is 0 Å². The Hall–Kier alpha value is -0.240. The van der Waals surface area contributed by atoms with Gasteiger partial charge >= 0.3 is 0 Å². The number of rotatable bonds is 15. The number of aliphatic hydroxyl groups is 4. The van der Waals surface area contributed by atoms with Gasteiger partial charge < -0.3 is 29.9 Å². The van der Waals surface area contributed by atoms with E-state index in [1.165, 1.54) is 51.4 Å². The Balaban J connectivity index is 2.06. The number of ether oxygens (including phenoxy) is 2. The molecule has 0 bridgehead atoms. The zero-order chi connectivity index (χ0) is 20.1. The third kappa shape index (κ3) is 9.11. The molecule has 6 atom stereocenters. The molecule has 1 saturated heterocycles. The molecule has 0 aromatic carbocycles. The highest BCUT2D eigenvalue weighted by Crippen LogP contribution is 2.22. The summed E-state index contributed by atoms with van der Waals surface area (Å²) < 4.78 is 18.5. The second-order valence-electron chi connectivity index (χ2n) is 7.29. The third-order valence-corrected chi connectivity index (χ3v) is 5.01. The van der Waals surface area contributed by atoms with Crippen LogP contribution in [0.5, 0.6) is 0 Å². The van der Waals surface area contributed by atoms with Crippen molar-refractivity contribution in [3.63, 3.8) is 0 Å². The van der Waals surface area contributed by atoms with Gasteiger partial charge in [0.1, 0.15) is 24.4 Å². The summed E-state index contributed by atoms with van der Waals surface area (Å²) in [6.45, 7) is 1.80. The molecule has 1 aliphatic rings. The summed E-state index contributed by atoms with van der Waals surface area (Å²) >= 11 is 0. The molecule has 26 heavy (non-hydrogen) atoms. The topological polar surface area (TPSA) is 99.4 Å². The predicted octanol–water partition coefficient (Wildman–Crippen LogP) is 2.50. The van der Waals surface area contributed by atoms with Gasteiger partial charge in [0.15, 0.2) is 6.29 Å². The van der Waals surface area contributed by atoms with Crippen LogP contribution in [0.1, 0.15) is 85.3 Å². The van der Waals surface area contributed by atoms with Crippen LogP contribution in [0.3, 0.4) is 0 Å². The van der Waals surface area contributed by atoms with Crippen LogP contribution in [0, 0.1) is 0 Å². The average Bonchev–Trinajstić information content (AvgIpc) is 2.66. The van der Waals surface area contributed by atoms with Crippen LogP contribution in [-0.2, 0) is 9.47 Å². The zero-order valence-corrected chi connectivity index (χ0v) is 16.3. The molecule has 6 heteroatoms. The zero-order valence-electron chi connectivity index (χ0n) is 17.3. The second kappa shape index (κ2) is 14.8. The van der Waals surface area contributed by atoms with E-state index in [0.717, 1.165) is 12.8 Å². The van der Waals surface area contributed by atoms with Gasteiger partial charge in [-0.25, -0.2) is 0 Å². The molecule has 0 aliphatic carbocycles. The van der Waals surface area contributed by atoms with E-state index in [1.54, 1.807) is 0 Å². The molecule has 1 fully saturated rings. The Morgan fingerprint density at radius 2 is 1.38 bits per heavy atom. The molecule has 0 aromatic rings. The number of unbranched alkanes of at least 4 members (excludes halogenated alkanes) is 9. The molecule has 6 nitrogen and oxygen atoms in total. The molecule has 0 amide bonds. The summed E-state index contributed by atoms with van der Waals surface area (Å²) in [7, 11) is 0. The Kier molecular flexibility index (Phi) is 12.5. The fourth-order valence-corrected chi connectivity index (χ4v) is 3.29. The molecule has 4 N–H and O–H groups in total. The molecule has 1 heterocycles. The van der Waals surface area contributed by atoms with Gasteiger partial charge in [-0.2, -0.15) is 0 Å². The van der Waals surface area contributed by atoms with E-state index in [9.17, 15) is 15.3 Å². The number of hydrogen-bond acceptors (Lipinski definition) is 6. The van der Waals surface area contributed by atoms with Crippen molar-refractivity contribution in [3.05, 3.63) is 0 Å². The highest BCUT2D eigenvalue weighted by Gasteiger charge is 2.44. The Morgan fingerprint density at radius 1 is 0.846 bits per heavy atom. The monoisotopic (exact) mass is 377 g/mol. The van der Waals surface area contributed by atoms with Gasteiger partial charge in [-0.05, 0) is 6.40 Å². The average molecular weight is 378 g/mol. The summed E-state index contributed by atoms with van der Waals surface area (Å²) in [5.74, 6) is 0. The van der Waals surface area contributed by atoms with Gasteiger partial charge in [0, 0.05) is 7.98 Å². The van der Waals surface area contributed by atoms with Crippen molar-refractivity contribution in [1.82, 2.24) is 0 Å². The van der Waals surface area contributed by atoms with Crippen LogP contribution in [0.25, 0.3) is 0 Å². The van der Waals surface area contributed by atoms with Crippen LogP contribution < -0.4 is 0 Å². The first-order chi connectivity index (χ1) is 13.0. The first-order valence-corrected chi connectivity index (χ1v) is 10.4. The van der Waals surface area contributed by atoms with E-state index in [0.29, 0.717) is 6.42 Å². The molecule has 0 aromatic heterocycles. The van der Waals surface area contributed by atoms with Crippen molar-refractivity contribution in [2.24, 2.45) is 0 Å². The summed E-state index contributed by atoms with van der Waals surface area (Å²) in [5, 5.41) is 38.7. The second-order valence-corrected chi connectivity index (χ2v) is 7.29. The van der Waals surface area contributed by atoms with Crippen molar-refractivity contribution in [2.45, 2.75) is 115 Å². The molecule has 0 spiro atoms. The lowest BCUT2D eigenvalue weighted by atomic mass is 9.99. The van der Waals surface area contributed by atoms with E-state index in [1.807, 2.05) is 0 Å². The van der Waals surface area contributed by atoms with Crippen molar-refractivity contribution >= 4 is 0 Å². The van der Waals surface area contributed by atoms with E-state index in [4.69, 9.17) is 16.0 Å². The van der Waals surface area contributed by atoms with Gasteiger partial charge in [0.2, 0.25) is 0 Å². The molecular weight excluding hydrogens is 336 g/mol. The third-order valence-electron chi connectivity index (χ3n) is 5.01. The van der Waals surface area contributed by atoms with Gasteiger partial charge in [0.25, 0.3) is 0 Å². The molecule has 0 radical (unpaired) electrons. The predicted molar refractivity (Wildman–Crippen MR) is 101 cm³/mol. The van der Waals surface area contributed by atoms with E-state index in [-0.39, 0.29) is 6.61 Å². The standard InChI is InChI=1S/C20H40O6/c1-2-3-4-5-6-7-8-9-10-11-12-13-14-25-19-18(23)17(22)16(15-21)26-20(19)24/h16-24H,2-15H2,1H3/t16-,17-,18+,19-,20?/m1/s1/i13D/t13?,16-,17-,18+,19-,20?. The van der Waals surface area contributed by atoms with Crippen LogP contribution >= 0.6 is 0 Å². The van der Waals surface area contributed by atoms with Crippen molar-refractivity contribution < 1.29 is 31.3 Å². The Bertz CT molecular complexity index is 359. The molecule has 0 saturated carbocycles. The minimum Gasteiger partial charge on any atom is -0.394 e. The van der Waals surface area contributed by atoms with Crippen LogP contribution in [0.4, 0.5) is 0 Å². The Morgan fingerprint density at radius 3 is 1.92 bits per heavy atom. The first-order valence-electron chi connectivity index (χ1n) is 10.9. The minimum atomic E-state index is -1.43. The van der Waals surface area contributed by atoms with Gasteiger partial charge in [-0.3, -0.25) is 0 Å². The highest BCUT2D eigenvalue weighted by molar-refractivity contribution is 4.89. The van der Waals surface area contributed by atoms with Gasteiger partial charge in [0.05, 0.1) is 6.61 Å². The highest BCUT2D eigenvalue weighted by atomic mass is 16.7. The largest absolute Gasteiger partial charge is 0.394 e. The number of hydrogen-bond donors (Lipinski definition) is 4. The smallest absolute Gasteiger partial charge is 0.184 e. The van der Waals surface area contributed by atoms with Crippen LogP contribution in [-0.4, -0.2) is 64.3 Å². The minimum absolute atomic E-state index is 0.0656. The maximum absolute atomic E-state index is 10.00. The van der Waals surface area contributed by atoms with Crippen LogP contribution in [0.2, 0.25) is 0 Å². The fraction of sp³-hybridized carbons (Fsp3) is 1.00. The lowest BCUT2D eigenvalue weighted by Crippen LogP contribution is -2.59. The van der Waals surface area contributed by atoms with Crippen molar-refractivity contribution in [2.75, 3.05) is 13.2 Å². The summed E-state index contributed by atoms with van der Waals surface area (Å²) in [6.07, 6.45) is 6.50. The van der Waals surface area contributed by atoms with Gasteiger partial charge in [-0.1, -0.05) is 77.6 Å². The molecule has 1 aliphatic heterocycles. The molecule has 156 valence electrons. The molecular formula is C20H40O6. The van der Waals surface area contributed by atoms with E-state index in [2.05, 4.69) is 6.92 Å².